The molecule has 1 saturated carbocycles. The first-order valence-corrected chi connectivity index (χ1v) is 9.88. The highest BCUT2D eigenvalue weighted by molar-refractivity contribution is 5.94. The van der Waals surface area contributed by atoms with E-state index in [-0.39, 0.29) is 25.0 Å². The van der Waals surface area contributed by atoms with Crippen molar-refractivity contribution in [3.05, 3.63) is 65.8 Å². The predicted octanol–water partition coefficient (Wildman–Crippen LogP) is 2.90. The van der Waals surface area contributed by atoms with Gasteiger partial charge in [-0.25, -0.2) is 0 Å². The van der Waals surface area contributed by atoms with Crippen molar-refractivity contribution in [3.8, 4) is 11.5 Å². The number of carbonyl (C=O) groups is 2. The monoisotopic (exact) mass is 422 g/mol. The summed E-state index contributed by atoms with van der Waals surface area (Å²) in [6.07, 6.45) is 2.17. The van der Waals surface area contributed by atoms with E-state index in [0.29, 0.717) is 40.4 Å². The Morgan fingerprint density at radius 2 is 1.94 bits per heavy atom. The first-order chi connectivity index (χ1) is 15.1. The van der Waals surface area contributed by atoms with Gasteiger partial charge in [0.25, 0.3) is 11.8 Å². The van der Waals surface area contributed by atoms with Crippen molar-refractivity contribution in [1.29, 1.82) is 0 Å². The van der Waals surface area contributed by atoms with Crippen LogP contribution in [-0.2, 0) is 11.3 Å². The van der Waals surface area contributed by atoms with Crippen LogP contribution in [0.5, 0.6) is 11.5 Å². The van der Waals surface area contributed by atoms with Crippen LogP contribution in [0.15, 0.2) is 53.1 Å². The maximum absolute atomic E-state index is 12.3. The molecule has 2 N–H and O–H groups in total. The molecule has 0 atom stereocenters. The molecule has 160 valence electrons. The zero-order valence-electron chi connectivity index (χ0n) is 17.0. The van der Waals surface area contributed by atoms with Gasteiger partial charge in [-0.1, -0.05) is 11.2 Å². The Labute approximate surface area is 178 Å². The lowest BCUT2D eigenvalue weighted by molar-refractivity contribution is -0.118. The minimum Gasteiger partial charge on any atom is -0.497 e. The van der Waals surface area contributed by atoms with Crippen molar-refractivity contribution in [1.82, 2.24) is 15.5 Å². The van der Waals surface area contributed by atoms with E-state index in [1.165, 1.54) is 0 Å². The van der Waals surface area contributed by atoms with E-state index in [9.17, 15) is 9.59 Å². The summed E-state index contributed by atoms with van der Waals surface area (Å²) in [5.41, 5.74) is 1.07. The van der Waals surface area contributed by atoms with E-state index in [1.54, 1.807) is 55.6 Å². The smallest absolute Gasteiger partial charge is 0.262 e. The molecule has 0 saturated heterocycles. The number of nitrogens with one attached hydrogen (secondary N) is 2. The Balaban J connectivity index is 1.23. The molecule has 1 fully saturated rings. The third-order valence-electron chi connectivity index (χ3n) is 4.67. The summed E-state index contributed by atoms with van der Waals surface area (Å²) < 4.78 is 15.7. The average Bonchev–Trinajstić information content (AvgIpc) is 3.54. The molecule has 1 aliphatic carbocycles. The van der Waals surface area contributed by atoms with Crippen LogP contribution in [0, 0.1) is 0 Å². The van der Waals surface area contributed by atoms with Crippen LogP contribution in [0.3, 0.4) is 0 Å². The molecule has 0 aliphatic heterocycles. The van der Waals surface area contributed by atoms with E-state index in [2.05, 4.69) is 20.8 Å². The minimum absolute atomic E-state index is 0.163. The lowest BCUT2D eigenvalue weighted by atomic mass is 10.2. The SMILES string of the molecule is COc1cccc(NC(=O)COc2ccc(C(=O)NCc3nc(C4CC4)no3)cc2)c1. The van der Waals surface area contributed by atoms with Crippen molar-refractivity contribution in [2.75, 3.05) is 19.0 Å². The number of ether oxygens (including phenoxy) is 2. The first kappa shape index (κ1) is 20.4. The van der Waals surface area contributed by atoms with E-state index in [1.807, 2.05) is 0 Å². The normalized spacial score (nSPS) is 12.8. The number of nitrogens with zero attached hydrogens (tertiary/aromatic N) is 2. The second-order valence-corrected chi connectivity index (χ2v) is 7.10. The van der Waals surface area contributed by atoms with Crippen molar-refractivity contribution in [3.63, 3.8) is 0 Å². The fourth-order valence-corrected chi connectivity index (χ4v) is 2.85. The Bertz CT molecular complexity index is 1060. The summed E-state index contributed by atoms with van der Waals surface area (Å²) >= 11 is 0. The fourth-order valence-electron chi connectivity index (χ4n) is 2.85. The molecule has 9 heteroatoms. The number of benzene rings is 2. The van der Waals surface area contributed by atoms with Crippen LogP contribution in [0.25, 0.3) is 0 Å². The van der Waals surface area contributed by atoms with Crippen LogP contribution in [0.2, 0.25) is 0 Å². The standard InChI is InChI=1S/C22H22N4O5/c1-29-18-4-2-3-16(11-18)24-19(27)13-30-17-9-7-15(8-10-17)22(28)23-12-20-25-21(26-31-20)14-5-6-14/h2-4,7-11,14H,5-6,12-13H2,1H3,(H,23,28)(H,24,27). The van der Waals surface area contributed by atoms with Crippen molar-refractivity contribution in [2.45, 2.75) is 25.3 Å². The van der Waals surface area contributed by atoms with Crippen molar-refractivity contribution >= 4 is 17.5 Å². The molecule has 0 unspecified atom stereocenters. The summed E-state index contributed by atoms with van der Waals surface area (Å²) in [5, 5.41) is 9.39. The van der Waals surface area contributed by atoms with Crippen LogP contribution >= 0.6 is 0 Å². The molecule has 9 nitrogen and oxygen atoms in total. The van der Waals surface area contributed by atoms with Gasteiger partial charge >= 0.3 is 0 Å². The highest BCUT2D eigenvalue weighted by Crippen LogP contribution is 2.38. The van der Waals surface area contributed by atoms with Gasteiger partial charge in [0.05, 0.1) is 13.7 Å². The topological polar surface area (TPSA) is 116 Å². The molecular formula is C22H22N4O5. The van der Waals surface area contributed by atoms with Gasteiger partial charge in [-0.05, 0) is 49.2 Å². The maximum atomic E-state index is 12.3. The van der Waals surface area contributed by atoms with Crippen molar-refractivity contribution < 1.29 is 23.6 Å². The Kier molecular flexibility index (Phi) is 6.11. The Morgan fingerprint density at radius 3 is 2.68 bits per heavy atom. The summed E-state index contributed by atoms with van der Waals surface area (Å²) in [5.74, 6) is 2.05. The summed E-state index contributed by atoms with van der Waals surface area (Å²) in [6.45, 7) is 0.00446. The molecule has 4 rings (SSSR count). The number of carbonyl (C=O) groups excluding carboxylic acids is 2. The average molecular weight is 422 g/mol. The highest BCUT2D eigenvalue weighted by atomic mass is 16.5. The molecule has 1 heterocycles. The van der Waals surface area contributed by atoms with Crippen LogP contribution in [0.1, 0.15) is 40.8 Å². The van der Waals surface area contributed by atoms with Crippen LogP contribution in [0.4, 0.5) is 5.69 Å². The predicted molar refractivity (Wildman–Crippen MR) is 111 cm³/mol. The molecule has 0 radical (unpaired) electrons. The number of hydrogen-bond donors (Lipinski definition) is 2. The number of anilines is 1. The molecule has 2 amide bonds. The maximum Gasteiger partial charge on any atom is 0.262 e. The molecular weight excluding hydrogens is 400 g/mol. The van der Waals surface area contributed by atoms with Gasteiger partial charge in [0.15, 0.2) is 12.4 Å². The molecule has 1 aromatic heterocycles. The van der Waals surface area contributed by atoms with Crippen molar-refractivity contribution in [2.24, 2.45) is 0 Å². The van der Waals surface area contributed by atoms with Gasteiger partial charge in [-0.15, -0.1) is 0 Å². The lowest BCUT2D eigenvalue weighted by Gasteiger charge is -2.09. The largest absolute Gasteiger partial charge is 0.497 e. The second kappa shape index (κ2) is 9.29. The summed E-state index contributed by atoms with van der Waals surface area (Å²) in [7, 11) is 1.56. The van der Waals surface area contributed by atoms with E-state index < -0.39 is 0 Å². The van der Waals surface area contributed by atoms with E-state index >= 15 is 0 Å². The van der Waals surface area contributed by atoms with Gasteiger partial charge in [0.2, 0.25) is 5.89 Å². The van der Waals surface area contributed by atoms with Gasteiger partial charge in [-0.2, -0.15) is 4.98 Å². The van der Waals surface area contributed by atoms with Crippen LogP contribution in [-0.4, -0.2) is 35.7 Å². The third-order valence-corrected chi connectivity index (χ3v) is 4.67. The van der Waals surface area contributed by atoms with E-state index in [4.69, 9.17) is 14.0 Å². The molecule has 0 bridgehead atoms. The minimum atomic E-state index is -0.305. The zero-order chi connectivity index (χ0) is 21.6. The highest BCUT2D eigenvalue weighted by Gasteiger charge is 2.28. The number of rotatable bonds is 9. The van der Waals surface area contributed by atoms with Gasteiger partial charge < -0.3 is 24.6 Å². The second-order valence-electron chi connectivity index (χ2n) is 7.10. The Hall–Kier alpha value is -3.88. The molecule has 0 spiro atoms. The number of hydrogen-bond acceptors (Lipinski definition) is 7. The molecule has 1 aliphatic rings. The number of methoxy groups -OCH3 is 1. The van der Waals surface area contributed by atoms with Crippen LogP contribution < -0.4 is 20.1 Å². The quantitative estimate of drug-likeness (QED) is 0.545. The van der Waals surface area contributed by atoms with Gasteiger partial charge in [-0.3, -0.25) is 9.59 Å². The lowest BCUT2D eigenvalue weighted by Crippen LogP contribution is -2.23. The van der Waals surface area contributed by atoms with Gasteiger partial charge in [0.1, 0.15) is 11.5 Å². The van der Waals surface area contributed by atoms with Gasteiger partial charge in [0, 0.05) is 23.2 Å². The Morgan fingerprint density at radius 1 is 1.13 bits per heavy atom. The summed E-state index contributed by atoms with van der Waals surface area (Å²) in [4.78, 5) is 28.6. The fraction of sp³-hybridized carbons (Fsp3) is 0.273. The van der Waals surface area contributed by atoms with E-state index in [0.717, 1.165) is 12.8 Å². The summed E-state index contributed by atoms with van der Waals surface area (Å²) in [6, 6.07) is 13.5. The third kappa shape index (κ3) is 5.59. The molecule has 2 aromatic carbocycles. The molecule has 3 aromatic rings. The number of aromatic nitrogens is 2. The first-order valence-electron chi connectivity index (χ1n) is 9.88. The number of amides is 2. The molecule has 31 heavy (non-hydrogen) atoms. The zero-order valence-corrected chi connectivity index (χ0v) is 17.0.